The first-order valence-electron chi connectivity index (χ1n) is 6.77. The molecule has 0 saturated carbocycles. The molecule has 2 amide bonds. The molecule has 22 heavy (non-hydrogen) atoms. The highest BCUT2D eigenvalue weighted by Gasteiger charge is 2.33. The second-order valence-electron chi connectivity index (χ2n) is 5.12. The third-order valence-corrected chi connectivity index (χ3v) is 3.62. The molecule has 2 N–H and O–H groups in total. The normalized spacial score (nSPS) is 17.0. The van der Waals surface area contributed by atoms with Crippen LogP contribution in [-0.2, 0) is 4.79 Å². The maximum Gasteiger partial charge on any atom is 0.264 e. The molecular weight excluding hydrogens is 284 g/mol. The van der Waals surface area contributed by atoms with E-state index in [1.165, 1.54) is 17.0 Å². The summed E-state index contributed by atoms with van der Waals surface area (Å²) in [5.74, 6) is -0.581. The van der Waals surface area contributed by atoms with Crippen molar-refractivity contribution in [2.24, 2.45) is 0 Å². The zero-order valence-electron chi connectivity index (χ0n) is 11.9. The lowest BCUT2D eigenvalue weighted by molar-refractivity contribution is -0.118. The van der Waals surface area contributed by atoms with Crippen LogP contribution in [0.2, 0.25) is 0 Å². The number of likely N-dealkylation sites (N-methyl/N-ethyl adjacent to an activating group) is 1. The Morgan fingerprint density at radius 1 is 1.27 bits per heavy atom. The number of nitrogens with zero attached hydrogens (tertiary/aromatic N) is 2. The molecule has 1 unspecified atom stereocenters. The number of hydrogen-bond donors (Lipinski definition) is 2. The molecule has 7 nitrogen and oxygen atoms in total. The zero-order valence-corrected chi connectivity index (χ0v) is 11.9. The third-order valence-electron chi connectivity index (χ3n) is 3.62. The number of aromatic nitrogens is 2. The van der Waals surface area contributed by atoms with Gasteiger partial charge < -0.3 is 10.2 Å². The summed E-state index contributed by atoms with van der Waals surface area (Å²) in [5, 5.41) is 8.67. The molecule has 7 heteroatoms. The van der Waals surface area contributed by atoms with Gasteiger partial charge in [0.05, 0.1) is 5.92 Å². The van der Waals surface area contributed by atoms with Gasteiger partial charge in [0.1, 0.15) is 0 Å². The summed E-state index contributed by atoms with van der Waals surface area (Å²) in [6.45, 7) is 0.297. The van der Waals surface area contributed by atoms with Crippen LogP contribution in [0.1, 0.15) is 21.8 Å². The fourth-order valence-electron chi connectivity index (χ4n) is 2.51. The Bertz CT molecular complexity index is 779. The molecule has 0 saturated heterocycles. The van der Waals surface area contributed by atoms with Gasteiger partial charge in [0, 0.05) is 25.2 Å². The zero-order chi connectivity index (χ0) is 15.7. The molecule has 1 aromatic heterocycles. The summed E-state index contributed by atoms with van der Waals surface area (Å²) in [6, 6.07) is 9.79. The summed E-state index contributed by atoms with van der Waals surface area (Å²) < 4.78 is 0. The highest BCUT2D eigenvalue weighted by atomic mass is 16.2. The summed E-state index contributed by atoms with van der Waals surface area (Å²) in [7, 11) is 1.66. The van der Waals surface area contributed by atoms with Gasteiger partial charge in [0.15, 0.2) is 5.82 Å². The Morgan fingerprint density at radius 2 is 2.05 bits per heavy atom. The largest absolute Gasteiger partial charge is 0.341 e. The molecule has 1 aromatic carbocycles. The van der Waals surface area contributed by atoms with E-state index in [4.69, 9.17) is 0 Å². The highest BCUT2D eigenvalue weighted by Crippen LogP contribution is 2.28. The molecule has 0 spiro atoms. The number of anilines is 1. The smallest absolute Gasteiger partial charge is 0.264 e. The van der Waals surface area contributed by atoms with Gasteiger partial charge in [-0.05, 0) is 17.7 Å². The van der Waals surface area contributed by atoms with Crippen molar-refractivity contribution in [1.29, 1.82) is 0 Å². The van der Waals surface area contributed by atoms with Gasteiger partial charge in [0.25, 0.3) is 11.5 Å². The number of hydrogen-bond acceptors (Lipinski definition) is 4. The summed E-state index contributed by atoms with van der Waals surface area (Å²) in [4.78, 5) is 37.1. The fourth-order valence-corrected chi connectivity index (χ4v) is 2.51. The van der Waals surface area contributed by atoms with Gasteiger partial charge in [0.2, 0.25) is 5.91 Å². The van der Waals surface area contributed by atoms with Crippen molar-refractivity contribution in [3.05, 3.63) is 57.9 Å². The minimum Gasteiger partial charge on any atom is -0.341 e. The van der Waals surface area contributed by atoms with Gasteiger partial charge >= 0.3 is 0 Å². The van der Waals surface area contributed by atoms with Crippen LogP contribution >= 0.6 is 0 Å². The van der Waals surface area contributed by atoms with Crippen LogP contribution in [0.5, 0.6) is 0 Å². The van der Waals surface area contributed by atoms with E-state index in [1.54, 1.807) is 31.3 Å². The van der Waals surface area contributed by atoms with Crippen molar-refractivity contribution in [1.82, 2.24) is 15.1 Å². The Morgan fingerprint density at radius 3 is 2.77 bits per heavy atom. The Kier molecular flexibility index (Phi) is 3.46. The summed E-state index contributed by atoms with van der Waals surface area (Å²) in [6.07, 6.45) is 0. The van der Waals surface area contributed by atoms with Gasteiger partial charge in [-0.25, -0.2) is 5.10 Å². The first-order chi connectivity index (χ1) is 10.6. The van der Waals surface area contributed by atoms with E-state index in [0.29, 0.717) is 17.7 Å². The number of H-pyrrole nitrogens is 1. The van der Waals surface area contributed by atoms with Crippen LogP contribution in [0.3, 0.4) is 0 Å². The minimum absolute atomic E-state index is 0.0955. The molecule has 1 aliphatic heterocycles. The predicted octanol–water partition coefficient (Wildman–Crippen LogP) is 0.578. The second kappa shape index (κ2) is 5.44. The summed E-state index contributed by atoms with van der Waals surface area (Å²) in [5.41, 5.74) is 0.893. The maximum atomic E-state index is 12.5. The van der Waals surface area contributed by atoms with Crippen molar-refractivity contribution in [3.63, 3.8) is 0 Å². The van der Waals surface area contributed by atoms with Gasteiger partial charge in [-0.1, -0.05) is 18.2 Å². The molecule has 0 bridgehead atoms. The average Bonchev–Trinajstić information content (AvgIpc) is 2.53. The molecule has 3 rings (SSSR count). The first kappa shape index (κ1) is 14.0. The maximum absolute atomic E-state index is 12.5. The number of fused-ring (bicyclic) bond motifs is 1. The lowest BCUT2D eigenvalue weighted by Crippen LogP contribution is -2.41. The fraction of sp³-hybridized carbons (Fsp3) is 0.200. The SMILES string of the molecule is CN1CC(C(=O)Nc2ccc(=O)[nH]n2)c2ccccc2C1=O. The van der Waals surface area contributed by atoms with Crippen LogP contribution in [-0.4, -0.2) is 40.5 Å². The minimum atomic E-state index is -0.479. The summed E-state index contributed by atoms with van der Waals surface area (Å²) >= 11 is 0. The van der Waals surface area contributed by atoms with Gasteiger partial charge in [-0.2, -0.15) is 5.10 Å². The van der Waals surface area contributed by atoms with Crippen LogP contribution in [0.4, 0.5) is 5.82 Å². The topological polar surface area (TPSA) is 95.2 Å². The van der Waals surface area contributed by atoms with Gasteiger partial charge in [-0.3, -0.25) is 14.4 Å². The van der Waals surface area contributed by atoms with E-state index in [9.17, 15) is 14.4 Å². The number of carbonyl (C=O) groups is 2. The molecule has 1 aliphatic rings. The number of aromatic amines is 1. The first-order valence-corrected chi connectivity index (χ1v) is 6.77. The molecule has 2 heterocycles. The van der Waals surface area contributed by atoms with Crippen LogP contribution in [0, 0.1) is 0 Å². The quantitative estimate of drug-likeness (QED) is 0.847. The third kappa shape index (κ3) is 2.48. The van der Waals surface area contributed by atoms with Crippen LogP contribution < -0.4 is 10.9 Å². The molecule has 0 radical (unpaired) electrons. The van der Waals surface area contributed by atoms with E-state index in [1.807, 2.05) is 0 Å². The molecule has 2 aromatic rings. The van der Waals surface area contributed by atoms with Crippen molar-refractivity contribution in [2.75, 3.05) is 18.9 Å². The Hall–Kier alpha value is -2.96. The number of carbonyl (C=O) groups excluding carboxylic acids is 2. The van der Waals surface area contributed by atoms with Crippen molar-refractivity contribution in [3.8, 4) is 0 Å². The van der Waals surface area contributed by atoms with Crippen LogP contribution in [0.15, 0.2) is 41.2 Å². The highest BCUT2D eigenvalue weighted by molar-refractivity contribution is 6.03. The molecule has 112 valence electrons. The molecular formula is C15H14N4O3. The number of rotatable bonds is 2. The van der Waals surface area contributed by atoms with E-state index in [2.05, 4.69) is 15.5 Å². The second-order valence-corrected chi connectivity index (χ2v) is 5.12. The Balaban J connectivity index is 1.89. The van der Waals surface area contributed by atoms with E-state index < -0.39 is 5.92 Å². The lowest BCUT2D eigenvalue weighted by Gasteiger charge is -2.30. The average molecular weight is 298 g/mol. The number of amides is 2. The van der Waals surface area contributed by atoms with Crippen molar-refractivity contribution in [2.45, 2.75) is 5.92 Å². The van der Waals surface area contributed by atoms with Crippen molar-refractivity contribution < 1.29 is 9.59 Å². The molecule has 0 fully saturated rings. The predicted molar refractivity (Wildman–Crippen MR) is 79.6 cm³/mol. The number of benzene rings is 1. The molecule has 1 atom stereocenters. The number of nitrogens with one attached hydrogen (secondary N) is 2. The van der Waals surface area contributed by atoms with E-state index >= 15 is 0 Å². The van der Waals surface area contributed by atoms with E-state index in [0.717, 1.165) is 0 Å². The standard InChI is InChI=1S/C15H14N4O3/c1-19-8-11(9-4-2-3-5-10(9)15(19)22)14(21)16-12-6-7-13(20)18-17-12/h2-7,11H,8H2,1H3,(H,18,20)(H,16,17,21). The van der Waals surface area contributed by atoms with Gasteiger partial charge in [-0.15, -0.1) is 0 Å². The lowest BCUT2D eigenvalue weighted by atomic mass is 9.89. The van der Waals surface area contributed by atoms with Crippen molar-refractivity contribution >= 4 is 17.6 Å². The Labute approximate surface area is 126 Å². The van der Waals surface area contributed by atoms with Crippen LogP contribution in [0.25, 0.3) is 0 Å². The monoisotopic (exact) mass is 298 g/mol. The molecule has 0 aliphatic carbocycles. The van der Waals surface area contributed by atoms with E-state index in [-0.39, 0.29) is 23.2 Å².